The van der Waals surface area contributed by atoms with E-state index in [0.717, 1.165) is 0 Å². The van der Waals surface area contributed by atoms with E-state index in [1.807, 2.05) is 0 Å². The number of hydrogen-bond acceptors (Lipinski definition) is 6. The second-order valence-corrected chi connectivity index (χ2v) is 2.10. The normalized spacial score (nSPS) is 17.5. The molecular weight excluding hydrogens is 156 g/mol. The van der Waals surface area contributed by atoms with Crippen molar-refractivity contribution in [2.75, 3.05) is 6.61 Å². The molecule has 0 aliphatic heterocycles. The Morgan fingerprint density at radius 1 is 1.36 bits per heavy atom. The second-order valence-electron chi connectivity index (χ2n) is 2.10. The van der Waals surface area contributed by atoms with E-state index in [1.54, 1.807) is 0 Å². The molecule has 2 atom stereocenters. The van der Waals surface area contributed by atoms with Gasteiger partial charge in [-0.05, 0) is 0 Å². The van der Waals surface area contributed by atoms with Crippen molar-refractivity contribution in [3.63, 3.8) is 0 Å². The maximum Gasteiger partial charge on any atom is 0.250 e. The molecule has 11 heavy (non-hydrogen) atoms. The molecular formula is C5H10O6. The predicted molar refractivity (Wildman–Crippen MR) is 32.3 cm³/mol. The zero-order chi connectivity index (χ0) is 9.07. The fourth-order valence-electron chi connectivity index (χ4n) is 0.453. The van der Waals surface area contributed by atoms with Gasteiger partial charge in [-0.2, -0.15) is 0 Å². The van der Waals surface area contributed by atoms with Gasteiger partial charge >= 0.3 is 0 Å². The van der Waals surface area contributed by atoms with Crippen LogP contribution >= 0.6 is 0 Å². The summed E-state index contributed by atoms with van der Waals surface area (Å²) in [6, 6.07) is 0. The van der Waals surface area contributed by atoms with Crippen LogP contribution in [0.15, 0.2) is 0 Å². The van der Waals surface area contributed by atoms with Gasteiger partial charge in [0.2, 0.25) is 0 Å². The monoisotopic (exact) mass is 166 g/mol. The van der Waals surface area contributed by atoms with Gasteiger partial charge in [0.15, 0.2) is 6.29 Å². The highest BCUT2D eigenvalue weighted by Gasteiger charge is 2.37. The van der Waals surface area contributed by atoms with E-state index in [-0.39, 0.29) is 6.29 Å². The number of aliphatic hydroxyl groups excluding tert-OH is 3. The summed E-state index contributed by atoms with van der Waals surface area (Å²) in [6.07, 6.45) is -4.20. The highest BCUT2D eigenvalue weighted by Crippen LogP contribution is 2.06. The molecule has 0 radical (unpaired) electrons. The molecule has 0 aromatic carbocycles. The number of carbonyl (C=O) groups excluding carboxylic acids is 1. The first-order valence-electron chi connectivity index (χ1n) is 2.83. The molecule has 0 aromatic heterocycles. The third kappa shape index (κ3) is 2.52. The SMILES string of the molecule is O=CC(O)(O)C(O)C(O)CO. The molecule has 0 saturated heterocycles. The van der Waals surface area contributed by atoms with Crippen molar-refractivity contribution in [1.29, 1.82) is 0 Å². The molecule has 0 bridgehead atoms. The van der Waals surface area contributed by atoms with Gasteiger partial charge in [0.1, 0.15) is 12.2 Å². The Bertz CT molecular complexity index is 133. The lowest BCUT2D eigenvalue weighted by atomic mass is 10.1. The lowest BCUT2D eigenvalue weighted by molar-refractivity contribution is -0.230. The predicted octanol–water partition coefficient (Wildman–Crippen LogP) is -3.42. The minimum atomic E-state index is -3.01. The second kappa shape index (κ2) is 3.74. The van der Waals surface area contributed by atoms with Gasteiger partial charge in [-0.15, -0.1) is 0 Å². The summed E-state index contributed by atoms with van der Waals surface area (Å²) in [5, 5.41) is 42.7. The molecule has 6 heteroatoms. The van der Waals surface area contributed by atoms with E-state index >= 15 is 0 Å². The van der Waals surface area contributed by atoms with Gasteiger partial charge in [0.25, 0.3) is 5.79 Å². The van der Waals surface area contributed by atoms with Crippen molar-refractivity contribution in [2.45, 2.75) is 18.0 Å². The molecule has 0 aliphatic carbocycles. The van der Waals surface area contributed by atoms with Gasteiger partial charge in [-0.1, -0.05) is 0 Å². The van der Waals surface area contributed by atoms with Gasteiger partial charge in [-0.3, -0.25) is 4.79 Å². The first-order chi connectivity index (χ1) is 4.95. The van der Waals surface area contributed by atoms with E-state index in [9.17, 15) is 4.79 Å². The zero-order valence-electron chi connectivity index (χ0n) is 5.58. The molecule has 0 aliphatic rings. The van der Waals surface area contributed by atoms with Gasteiger partial charge in [0, 0.05) is 0 Å². The van der Waals surface area contributed by atoms with Gasteiger partial charge in [-0.25, -0.2) is 0 Å². The largest absolute Gasteiger partial charge is 0.394 e. The van der Waals surface area contributed by atoms with Crippen LogP contribution in [-0.2, 0) is 4.79 Å². The maximum absolute atomic E-state index is 9.84. The molecule has 6 nitrogen and oxygen atoms in total. The molecule has 5 N–H and O–H groups in total. The Morgan fingerprint density at radius 3 is 2.09 bits per heavy atom. The Hall–Kier alpha value is -0.530. The van der Waals surface area contributed by atoms with Crippen LogP contribution in [0, 0.1) is 0 Å². The van der Waals surface area contributed by atoms with E-state index in [2.05, 4.69) is 0 Å². The van der Waals surface area contributed by atoms with Crippen LogP contribution in [0.4, 0.5) is 0 Å². The van der Waals surface area contributed by atoms with Gasteiger partial charge in [0.05, 0.1) is 6.61 Å². The van der Waals surface area contributed by atoms with Crippen molar-refractivity contribution >= 4 is 6.29 Å². The van der Waals surface area contributed by atoms with Crippen LogP contribution in [-0.4, -0.2) is 56.4 Å². The molecule has 0 aromatic rings. The number of aliphatic hydroxyl groups is 5. The van der Waals surface area contributed by atoms with Crippen LogP contribution < -0.4 is 0 Å². The minimum absolute atomic E-state index is 0.337. The van der Waals surface area contributed by atoms with Crippen molar-refractivity contribution in [3.8, 4) is 0 Å². The first kappa shape index (κ1) is 10.5. The zero-order valence-corrected chi connectivity index (χ0v) is 5.58. The molecule has 0 amide bonds. The summed E-state index contributed by atoms with van der Waals surface area (Å²) in [4.78, 5) is 9.84. The van der Waals surface area contributed by atoms with Crippen LogP contribution in [0.1, 0.15) is 0 Å². The highest BCUT2D eigenvalue weighted by atomic mass is 16.5. The van der Waals surface area contributed by atoms with E-state index < -0.39 is 24.6 Å². The van der Waals surface area contributed by atoms with E-state index in [4.69, 9.17) is 25.5 Å². The minimum Gasteiger partial charge on any atom is -0.394 e. The lowest BCUT2D eigenvalue weighted by Crippen LogP contribution is -2.51. The average Bonchev–Trinajstić information content (AvgIpc) is 2.01. The van der Waals surface area contributed by atoms with Crippen LogP contribution in [0.3, 0.4) is 0 Å². The third-order valence-corrected chi connectivity index (χ3v) is 1.16. The summed E-state index contributed by atoms with van der Waals surface area (Å²) < 4.78 is 0. The summed E-state index contributed by atoms with van der Waals surface area (Å²) in [5.74, 6) is -3.01. The topological polar surface area (TPSA) is 118 Å². The molecule has 0 heterocycles. The Morgan fingerprint density at radius 2 is 1.82 bits per heavy atom. The molecule has 66 valence electrons. The Balaban J connectivity index is 4.21. The number of aldehydes is 1. The van der Waals surface area contributed by atoms with Crippen LogP contribution in [0.2, 0.25) is 0 Å². The van der Waals surface area contributed by atoms with Crippen molar-refractivity contribution < 1.29 is 30.3 Å². The van der Waals surface area contributed by atoms with E-state index in [1.165, 1.54) is 0 Å². The number of rotatable bonds is 4. The lowest BCUT2D eigenvalue weighted by Gasteiger charge is -2.24. The summed E-state index contributed by atoms with van der Waals surface area (Å²) in [7, 11) is 0. The van der Waals surface area contributed by atoms with Gasteiger partial charge < -0.3 is 25.5 Å². The average molecular weight is 166 g/mol. The molecule has 0 fully saturated rings. The van der Waals surface area contributed by atoms with E-state index in [0.29, 0.717) is 0 Å². The highest BCUT2D eigenvalue weighted by molar-refractivity contribution is 5.60. The standard InChI is InChI=1S/C5H10O6/c6-1-3(8)4(9)5(10,11)2-7/h2-4,6,8-11H,1H2. The van der Waals surface area contributed by atoms with Crippen LogP contribution in [0.5, 0.6) is 0 Å². The molecule has 0 saturated carbocycles. The van der Waals surface area contributed by atoms with Crippen molar-refractivity contribution in [1.82, 2.24) is 0 Å². The number of hydrogen-bond donors (Lipinski definition) is 5. The molecule has 2 unspecified atom stereocenters. The Labute approximate surface area is 62.3 Å². The first-order valence-corrected chi connectivity index (χ1v) is 2.83. The smallest absolute Gasteiger partial charge is 0.250 e. The van der Waals surface area contributed by atoms with Crippen LogP contribution in [0.25, 0.3) is 0 Å². The maximum atomic E-state index is 9.84. The summed E-state index contributed by atoms with van der Waals surface area (Å²) in [6.45, 7) is -0.863. The van der Waals surface area contributed by atoms with Crippen molar-refractivity contribution in [2.24, 2.45) is 0 Å². The molecule has 0 rings (SSSR count). The summed E-state index contributed by atoms with van der Waals surface area (Å²) in [5.41, 5.74) is 0. The summed E-state index contributed by atoms with van der Waals surface area (Å²) >= 11 is 0. The Kier molecular flexibility index (Phi) is 3.56. The fraction of sp³-hybridized carbons (Fsp3) is 0.800. The number of carbonyl (C=O) groups is 1. The van der Waals surface area contributed by atoms with Crippen molar-refractivity contribution in [3.05, 3.63) is 0 Å². The fourth-order valence-corrected chi connectivity index (χ4v) is 0.453. The molecule has 0 spiro atoms. The quantitative estimate of drug-likeness (QED) is 0.219. The third-order valence-electron chi connectivity index (χ3n) is 1.16.